The van der Waals surface area contributed by atoms with E-state index in [1.54, 1.807) is 0 Å². The maximum absolute atomic E-state index is 14.2. The Morgan fingerprint density at radius 2 is 1.89 bits per heavy atom. The largest absolute Gasteiger partial charge is 0.379 e. The minimum atomic E-state index is -3.92. The third-order valence-electron chi connectivity index (χ3n) is 5.10. The van der Waals surface area contributed by atoms with Crippen molar-refractivity contribution in [1.29, 1.82) is 0 Å². The average molecular weight is 399 g/mol. The molecule has 1 atom stereocenters. The van der Waals surface area contributed by atoms with Crippen LogP contribution in [0.4, 0.5) is 4.39 Å². The van der Waals surface area contributed by atoms with E-state index >= 15 is 0 Å². The number of nitrogens with one attached hydrogen (secondary N) is 1. The van der Waals surface area contributed by atoms with Crippen LogP contribution in [0.25, 0.3) is 0 Å². The number of carbonyl (C=O) groups excluding carboxylic acids is 1. The van der Waals surface area contributed by atoms with Crippen LogP contribution in [0.3, 0.4) is 0 Å². The molecule has 0 spiro atoms. The van der Waals surface area contributed by atoms with Crippen molar-refractivity contribution in [2.75, 3.05) is 45.9 Å². The van der Waals surface area contributed by atoms with Crippen LogP contribution in [0.1, 0.15) is 30.1 Å². The molecule has 2 aliphatic heterocycles. The van der Waals surface area contributed by atoms with E-state index in [9.17, 15) is 17.6 Å². The van der Waals surface area contributed by atoms with E-state index in [4.69, 9.17) is 4.74 Å². The molecule has 7 nitrogen and oxygen atoms in total. The fraction of sp³-hybridized carbons (Fsp3) is 0.611. The summed E-state index contributed by atoms with van der Waals surface area (Å²) in [6, 6.07) is 3.62. The highest BCUT2D eigenvalue weighted by Crippen LogP contribution is 2.24. The molecule has 0 radical (unpaired) electrons. The Balaban J connectivity index is 1.68. The van der Waals surface area contributed by atoms with E-state index < -0.39 is 26.6 Å². The van der Waals surface area contributed by atoms with Crippen LogP contribution in [0.15, 0.2) is 23.1 Å². The highest BCUT2D eigenvalue weighted by atomic mass is 32.2. The standard InChI is InChI=1S/C18H26FN3O4S/c1-14(21-8-10-26-11-9-21)13-20-18(23)15-4-5-16(19)17(12-15)27(24,25)22-6-2-3-7-22/h4-5,12,14H,2-3,6-11,13H2,1H3,(H,20,23). The van der Waals surface area contributed by atoms with E-state index in [1.807, 2.05) is 6.92 Å². The van der Waals surface area contributed by atoms with Crippen molar-refractivity contribution in [3.05, 3.63) is 29.6 Å². The van der Waals surface area contributed by atoms with Crippen molar-refractivity contribution < 1.29 is 22.3 Å². The molecule has 1 N–H and O–H groups in total. The van der Waals surface area contributed by atoms with Gasteiger partial charge in [0.25, 0.3) is 5.91 Å². The predicted molar refractivity (Wildman–Crippen MR) is 98.6 cm³/mol. The number of ether oxygens (including phenoxy) is 1. The lowest BCUT2D eigenvalue weighted by Crippen LogP contribution is -2.47. The van der Waals surface area contributed by atoms with Crippen LogP contribution in [-0.2, 0) is 14.8 Å². The molecule has 2 heterocycles. The molecule has 1 unspecified atom stereocenters. The SMILES string of the molecule is CC(CNC(=O)c1ccc(F)c(S(=O)(=O)N2CCCC2)c1)N1CCOCC1. The van der Waals surface area contributed by atoms with E-state index in [2.05, 4.69) is 10.2 Å². The molecule has 1 aromatic carbocycles. The van der Waals surface area contributed by atoms with Crippen molar-refractivity contribution >= 4 is 15.9 Å². The Morgan fingerprint density at radius 3 is 2.56 bits per heavy atom. The number of carbonyl (C=O) groups is 1. The summed E-state index contributed by atoms with van der Waals surface area (Å²) in [5, 5.41) is 2.81. The average Bonchev–Trinajstić information content (AvgIpc) is 3.22. The van der Waals surface area contributed by atoms with Crippen LogP contribution < -0.4 is 5.32 Å². The number of morpholine rings is 1. The van der Waals surface area contributed by atoms with Gasteiger partial charge in [-0.05, 0) is 38.0 Å². The van der Waals surface area contributed by atoms with E-state index in [-0.39, 0.29) is 11.6 Å². The van der Waals surface area contributed by atoms with Crippen LogP contribution in [0, 0.1) is 5.82 Å². The van der Waals surface area contributed by atoms with Gasteiger partial charge in [0.1, 0.15) is 10.7 Å². The number of hydrogen-bond acceptors (Lipinski definition) is 5. The molecule has 0 bridgehead atoms. The van der Waals surface area contributed by atoms with Gasteiger partial charge in [0.15, 0.2) is 0 Å². The van der Waals surface area contributed by atoms with Crippen molar-refractivity contribution in [3.8, 4) is 0 Å². The van der Waals surface area contributed by atoms with E-state index in [0.717, 1.165) is 38.1 Å². The number of hydrogen-bond donors (Lipinski definition) is 1. The number of sulfonamides is 1. The summed E-state index contributed by atoms with van der Waals surface area (Å²) < 4.78 is 46.0. The lowest BCUT2D eigenvalue weighted by Gasteiger charge is -2.32. The molecule has 150 valence electrons. The number of nitrogens with zero attached hydrogens (tertiary/aromatic N) is 2. The summed E-state index contributed by atoms with van der Waals surface area (Å²) in [6.07, 6.45) is 1.53. The lowest BCUT2D eigenvalue weighted by atomic mass is 10.2. The maximum Gasteiger partial charge on any atom is 0.251 e. The smallest absolute Gasteiger partial charge is 0.251 e. The number of amides is 1. The van der Waals surface area contributed by atoms with Crippen LogP contribution in [0.2, 0.25) is 0 Å². The molecule has 2 aliphatic rings. The van der Waals surface area contributed by atoms with Gasteiger partial charge in [-0.2, -0.15) is 4.31 Å². The zero-order valence-corrected chi connectivity index (χ0v) is 16.3. The first-order valence-corrected chi connectivity index (χ1v) is 10.7. The molecule has 1 amide bonds. The Hall–Kier alpha value is -1.55. The minimum Gasteiger partial charge on any atom is -0.379 e. The Bertz CT molecular complexity index is 775. The van der Waals surface area contributed by atoms with Crippen molar-refractivity contribution in [2.45, 2.75) is 30.7 Å². The van der Waals surface area contributed by atoms with Gasteiger partial charge in [0.2, 0.25) is 10.0 Å². The minimum absolute atomic E-state index is 0.131. The molecule has 27 heavy (non-hydrogen) atoms. The highest BCUT2D eigenvalue weighted by molar-refractivity contribution is 7.89. The number of benzene rings is 1. The molecular formula is C18H26FN3O4S. The molecule has 2 saturated heterocycles. The van der Waals surface area contributed by atoms with Gasteiger partial charge in [0, 0.05) is 44.3 Å². The Morgan fingerprint density at radius 1 is 1.22 bits per heavy atom. The first kappa shape index (κ1) is 20.2. The third kappa shape index (κ3) is 4.66. The van der Waals surface area contributed by atoms with Crippen LogP contribution in [0.5, 0.6) is 0 Å². The van der Waals surface area contributed by atoms with Crippen molar-refractivity contribution in [3.63, 3.8) is 0 Å². The van der Waals surface area contributed by atoms with Crippen LogP contribution >= 0.6 is 0 Å². The van der Waals surface area contributed by atoms with Gasteiger partial charge < -0.3 is 10.1 Å². The topological polar surface area (TPSA) is 79.0 Å². The molecule has 3 rings (SSSR count). The Kier molecular flexibility index (Phi) is 6.46. The zero-order chi connectivity index (χ0) is 19.4. The predicted octanol–water partition coefficient (Wildman–Crippen LogP) is 1.06. The van der Waals surface area contributed by atoms with Gasteiger partial charge in [-0.25, -0.2) is 12.8 Å². The third-order valence-corrected chi connectivity index (χ3v) is 7.02. The summed E-state index contributed by atoms with van der Waals surface area (Å²) in [7, 11) is -3.92. The first-order chi connectivity index (χ1) is 12.9. The Labute approximate surface area is 159 Å². The van der Waals surface area contributed by atoms with Gasteiger partial charge in [-0.3, -0.25) is 9.69 Å². The fourth-order valence-corrected chi connectivity index (χ4v) is 5.01. The second-order valence-corrected chi connectivity index (χ2v) is 8.87. The quantitative estimate of drug-likeness (QED) is 0.774. The summed E-state index contributed by atoms with van der Waals surface area (Å²) in [5.41, 5.74) is 0.142. The zero-order valence-electron chi connectivity index (χ0n) is 15.5. The summed E-state index contributed by atoms with van der Waals surface area (Å²) in [6.45, 7) is 6.17. The van der Waals surface area contributed by atoms with Gasteiger partial charge in [-0.1, -0.05) is 0 Å². The molecule has 1 aromatic rings. The first-order valence-electron chi connectivity index (χ1n) is 9.29. The summed E-state index contributed by atoms with van der Waals surface area (Å²) >= 11 is 0. The second-order valence-electron chi connectivity index (χ2n) is 6.96. The molecule has 0 aromatic heterocycles. The maximum atomic E-state index is 14.2. The molecule has 0 saturated carbocycles. The fourth-order valence-electron chi connectivity index (χ4n) is 3.40. The molecule has 9 heteroatoms. The second kappa shape index (κ2) is 8.64. The summed E-state index contributed by atoms with van der Waals surface area (Å²) in [5.74, 6) is -1.24. The van der Waals surface area contributed by atoms with Crippen LogP contribution in [-0.4, -0.2) is 75.5 Å². The van der Waals surface area contributed by atoms with Gasteiger partial charge >= 0.3 is 0 Å². The lowest BCUT2D eigenvalue weighted by molar-refractivity contribution is 0.0204. The van der Waals surface area contributed by atoms with Gasteiger partial charge in [-0.15, -0.1) is 0 Å². The number of rotatable bonds is 6. The van der Waals surface area contributed by atoms with E-state index in [0.29, 0.717) is 32.8 Å². The molecule has 2 fully saturated rings. The van der Waals surface area contributed by atoms with E-state index in [1.165, 1.54) is 10.4 Å². The molecule has 0 aliphatic carbocycles. The highest BCUT2D eigenvalue weighted by Gasteiger charge is 2.30. The van der Waals surface area contributed by atoms with Gasteiger partial charge in [0.05, 0.1) is 13.2 Å². The number of halogens is 1. The monoisotopic (exact) mass is 399 g/mol. The molecular weight excluding hydrogens is 373 g/mol. The summed E-state index contributed by atoms with van der Waals surface area (Å²) in [4.78, 5) is 14.2. The van der Waals surface area contributed by atoms with Crippen molar-refractivity contribution in [1.82, 2.24) is 14.5 Å². The van der Waals surface area contributed by atoms with Crippen molar-refractivity contribution in [2.24, 2.45) is 0 Å². The normalized spacial score (nSPS) is 20.5.